The lowest BCUT2D eigenvalue weighted by Gasteiger charge is -1.97. The quantitative estimate of drug-likeness (QED) is 0.609. The van der Waals surface area contributed by atoms with E-state index < -0.39 is 22.9 Å². The van der Waals surface area contributed by atoms with Crippen LogP contribution in [0.25, 0.3) is 22.6 Å². The maximum absolute atomic E-state index is 13.1. The van der Waals surface area contributed by atoms with Crippen molar-refractivity contribution in [2.45, 2.75) is 0 Å². The molecule has 6 nitrogen and oxygen atoms in total. The lowest BCUT2D eigenvalue weighted by molar-refractivity contribution is 0.509. The molecule has 19 heavy (non-hydrogen) atoms. The highest BCUT2D eigenvalue weighted by Gasteiger charge is 2.11. The van der Waals surface area contributed by atoms with Gasteiger partial charge in [0.15, 0.2) is 17.3 Å². The van der Waals surface area contributed by atoms with Crippen molar-refractivity contribution in [3.05, 3.63) is 50.7 Å². The number of imidazole rings is 1. The highest BCUT2D eigenvalue weighted by molar-refractivity contribution is 5.74. The van der Waals surface area contributed by atoms with E-state index in [4.69, 9.17) is 0 Å². The predicted molar refractivity (Wildman–Crippen MR) is 62.7 cm³/mol. The van der Waals surface area contributed by atoms with Gasteiger partial charge in [0.05, 0.1) is 0 Å². The molecule has 0 aliphatic heterocycles. The van der Waals surface area contributed by atoms with E-state index in [9.17, 15) is 18.4 Å². The minimum atomic E-state index is -1.03. The molecule has 0 bridgehead atoms. The third-order valence-electron chi connectivity index (χ3n) is 2.58. The molecule has 0 saturated carbocycles. The number of hydrogen-bond acceptors (Lipinski definition) is 3. The molecule has 96 valence electrons. The Kier molecular flexibility index (Phi) is 2.31. The van der Waals surface area contributed by atoms with Crippen LogP contribution < -0.4 is 11.2 Å². The van der Waals surface area contributed by atoms with Gasteiger partial charge in [-0.05, 0) is 18.2 Å². The number of hydrogen-bond donors (Lipinski definition) is 3. The number of halogens is 2. The molecule has 0 fully saturated rings. The number of fused-ring (bicyclic) bond motifs is 1. The highest BCUT2D eigenvalue weighted by Crippen LogP contribution is 2.19. The topological polar surface area (TPSA) is 94.4 Å². The molecule has 0 radical (unpaired) electrons. The van der Waals surface area contributed by atoms with Gasteiger partial charge < -0.3 is 4.98 Å². The molecule has 3 aromatic rings. The number of nitrogens with zero attached hydrogens (tertiary/aromatic N) is 1. The van der Waals surface area contributed by atoms with Crippen LogP contribution in [0.2, 0.25) is 0 Å². The minimum Gasteiger partial charge on any atom is -0.332 e. The molecule has 8 heteroatoms. The fraction of sp³-hybridized carbons (Fsp3) is 0. The Bertz CT molecular complexity index is 894. The van der Waals surface area contributed by atoms with Crippen LogP contribution in [0.5, 0.6) is 0 Å². The van der Waals surface area contributed by atoms with Gasteiger partial charge in [0.2, 0.25) is 0 Å². The summed E-state index contributed by atoms with van der Waals surface area (Å²) < 4.78 is 25.9. The Morgan fingerprint density at radius 3 is 2.53 bits per heavy atom. The monoisotopic (exact) mass is 264 g/mol. The van der Waals surface area contributed by atoms with Crippen molar-refractivity contribution in [2.24, 2.45) is 0 Å². The predicted octanol–water partition coefficient (Wildman–Crippen LogP) is 0.885. The molecule has 0 atom stereocenters. The highest BCUT2D eigenvalue weighted by atomic mass is 19.2. The first-order chi connectivity index (χ1) is 9.04. The first-order valence-electron chi connectivity index (χ1n) is 5.22. The third kappa shape index (κ3) is 1.82. The standard InChI is InChI=1S/C11H6F2N4O2/c12-5-2-1-4(3-6(5)13)8-14-7-9(15-8)16-11(19)17-10(7)18/h1-3H,(H3,14,15,16,17,18,19). The Balaban J connectivity index is 2.26. The van der Waals surface area contributed by atoms with Gasteiger partial charge in [0.1, 0.15) is 11.3 Å². The first kappa shape index (κ1) is 11.3. The molecule has 1 aromatic carbocycles. The van der Waals surface area contributed by atoms with E-state index in [1.165, 1.54) is 6.07 Å². The van der Waals surface area contributed by atoms with Crippen molar-refractivity contribution in [3.63, 3.8) is 0 Å². The zero-order valence-electron chi connectivity index (χ0n) is 9.25. The molecular formula is C11H6F2N4O2. The summed E-state index contributed by atoms with van der Waals surface area (Å²) in [6, 6.07) is 3.20. The van der Waals surface area contributed by atoms with E-state index in [2.05, 4.69) is 15.0 Å². The Hall–Kier alpha value is -2.77. The molecule has 0 unspecified atom stereocenters. The third-order valence-corrected chi connectivity index (χ3v) is 2.58. The molecule has 0 aliphatic rings. The fourth-order valence-corrected chi connectivity index (χ4v) is 1.71. The molecule has 0 spiro atoms. The number of nitrogens with one attached hydrogen (secondary N) is 3. The Labute approximate surface area is 103 Å². The summed E-state index contributed by atoms with van der Waals surface area (Å²) in [4.78, 5) is 33.5. The summed E-state index contributed by atoms with van der Waals surface area (Å²) in [5.74, 6) is -1.85. The van der Waals surface area contributed by atoms with Crippen molar-refractivity contribution < 1.29 is 8.78 Å². The maximum atomic E-state index is 13.1. The summed E-state index contributed by atoms with van der Waals surface area (Å²) in [6.45, 7) is 0. The van der Waals surface area contributed by atoms with E-state index in [1.807, 2.05) is 4.98 Å². The van der Waals surface area contributed by atoms with Crippen molar-refractivity contribution >= 4 is 11.2 Å². The molecule has 0 amide bonds. The molecule has 2 aromatic heterocycles. The van der Waals surface area contributed by atoms with Crippen molar-refractivity contribution in [2.75, 3.05) is 0 Å². The van der Waals surface area contributed by atoms with Gasteiger partial charge in [-0.1, -0.05) is 0 Å². The van der Waals surface area contributed by atoms with Crippen LogP contribution in [0, 0.1) is 11.6 Å². The second kappa shape index (κ2) is 3.87. The van der Waals surface area contributed by atoms with Gasteiger partial charge in [0, 0.05) is 5.56 Å². The van der Waals surface area contributed by atoms with Gasteiger partial charge in [-0.2, -0.15) is 0 Å². The van der Waals surface area contributed by atoms with E-state index in [1.54, 1.807) is 0 Å². The van der Waals surface area contributed by atoms with E-state index in [0.717, 1.165) is 12.1 Å². The smallest absolute Gasteiger partial charge is 0.327 e. The van der Waals surface area contributed by atoms with Crippen LogP contribution in [-0.2, 0) is 0 Å². The largest absolute Gasteiger partial charge is 0.332 e. The summed E-state index contributed by atoms with van der Waals surface area (Å²) in [7, 11) is 0. The van der Waals surface area contributed by atoms with Gasteiger partial charge in [0.25, 0.3) is 5.56 Å². The van der Waals surface area contributed by atoms with Crippen LogP contribution in [-0.4, -0.2) is 19.9 Å². The molecule has 0 saturated heterocycles. The second-order valence-corrected chi connectivity index (χ2v) is 3.85. The fourth-order valence-electron chi connectivity index (χ4n) is 1.71. The van der Waals surface area contributed by atoms with Gasteiger partial charge >= 0.3 is 5.69 Å². The number of H-pyrrole nitrogens is 3. The average Bonchev–Trinajstić information content (AvgIpc) is 2.76. The summed E-state index contributed by atoms with van der Waals surface area (Å²) in [5.41, 5.74) is -0.968. The van der Waals surface area contributed by atoms with Crippen LogP contribution in [0.3, 0.4) is 0 Å². The summed E-state index contributed by atoms with van der Waals surface area (Å²) in [5, 5.41) is 0. The molecule has 0 aliphatic carbocycles. The first-order valence-corrected chi connectivity index (χ1v) is 5.22. The Morgan fingerprint density at radius 2 is 1.79 bits per heavy atom. The lowest BCUT2D eigenvalue weighted by Crippen LogP contribution is -2.21. The number of benzene rings is 1. The minimum absolute atomic E-state index is 0.0495. The Morgan fingerprint density at radius 1 is 1.00 bits per heavy atom. The van der Waals surface area contributed by atoms with Gasteiger partial charge in [-0.15, -0.1) is 0 Å². The van der Waals surface area contributed by atoms with Crippen molar-refractivity contribution in [1.29, 1.82) is 0 Å². The SMILES string of the molecule is O=c1[nH]c(=O)c2[nH]c(-c3ccc(F)c(F)c3)nc2[nH]1. The zero-order valence-corrected chi connectivity index (χ0v) is 9.25. The second-order valence-electron chi connectivity index (χ2n) is 3.85. The number of rotatable bonds is 1. The van der Waals surface area contributed by atoms with Gasteiger partial charge in [-0.3, -0.25) is 14.8 Å². The van der Waals surface area contributed by atoms with Crippen LogP contribution >= 0.6 is 0 Å². The van der Waals surface area contributed by atoms with Crippen molar-refractivity contribution in [3.8, 4) is 11.4 Å². The zero-order chi connectivity index (χ0) is 13.6. The van der Waals surface area contributed by atoms with E-state index in [-0.39, 0.29) is 22.6 Å². The maximum Gasteiger partial charge on any atom is 0.327 e. The van der Waals surface area contributed by atoms with Crippen LogP contribution in [0.4, 0.5) is 8.78 Å². The van der Waals surface area contributed by atoms with Crippen LogP contribution in [0.1, 0.15) is 0 Å². The summed E-state index contributed by atoms with van der Waals surface area (Å²) in [6.07, 6.45) is 0. The van der Waals surface area contributed by atoms with Gasteiger partial charge in [-0.25, -0.2) is 18.6 Å². The normalized spacial score (nSPS) is 11.1. The van der Waals surface area contributed by atoms with E-state index >= 15 is 0 Å². The molecule has 3 N–H and O–H groups in total. The van der Waals surface area contributed by atoms with Crippen LogP contribution in [0.15, 0.2) is 27.8 Å². The number of aromatic amines is 3. The summed E-state index contributed by atoms with van der Waals surface area (Å²) >= 11 is 0. The van der Waals surface area contributed by atoms with E-state index in [0.29, 0.717) is 0 Å². The van der Waals surface area contributed by atoms with Crippen molar-refractivity contribution in [1.82, 2.24) is 19.9 Å². The lowest BCUT2D eigenvalue weighted by atomic mass is 10.2. The number of aromatic nitrogens is 4. The molecular weight excluding hydrogens is 258 g/mol. The molecule has 3 rings (SSSR count). The average molecular weight is 264 g/mol. The molecule has 2 heterocycles.